The molecule has 0 saturated carbocycles. The third-order valence-electron chi connectivity index (χ3n) is 15.5. The summed E-state index contributed by atoms with van der Waals surface area (Å²) in [5.41, 5.74) is 0. The molecule has 6 heteroatoms. The zero-order valence-electron chi connectivity index (χ0n) is 49.4. The highest BCUT2D eigenvalue weighted by Crippen LogP contribution is 2.18. The zero-order valence-corrected chi connectivity index (χ0v) is 49.4. The summed E-state index contributed by atoms with van der Waals surface area (Å²) in [6.45, 7) is 4.96. The fourth-order valence-electron chi connectivity index (χ4n) is 10.4. The molecule has 73 heavy (non-hydrogen) atoms. The van der Waals surface area contributed by atoms with Gasteiger partial charge in [-0.25, -0.2) is 0 Å². The lowest BCUT2D eigenvalue weighted by Crippen LogP contribution is -2.45. The van der Waals surface area contributed by atoms with Gasteiger partial charge < -0.3 is 20.3 Å². The van der Waals surface area contributed by atoms with Crippen molar-refractivity contribution in [3.63, 3.8) is 0 Å². The second-order valence-corrected chi connectivity index (χ2v) is 22.8. The van der Waals surface area contributed by atoms with Crippen LogP contribution in [0.4, 0.5) is 0 Å². The fraction of sp³-hybridized carbons (Fsp3) is 0.910. The summed E-state index contributed by atoms with van der Waals surface area (Å²) in [5.74, 6) is -0.0211. The van der Waals surface area contributed by atoms with Crippen molar-refractivity contribution in [2.24, 2.45) is 0 Å². The number of ether oxygens (including phenoxy) is 1. The largest absolute Gasteiger partial charge is 0.466 e. The predicted octanol–water partition coefficient (Wildman–Crippen LogP) is 21.0. The Morgan fingerprint density at radius 2 is 0.644 bits per heavy atom. The third kappa shape index (κ3) is 59.4. The molecule has 2 unspecified atom stereocenters. The van der Waals surface area contributed by atoms with Crippen molar-refractivity contribution in [2.75, 3.05) is 13.2 Å². The Kier molecular flexibility index (Phi) is 61.4. The molecule has 0 aromatic heterocycles. The lowest BCUT2D eigenvalue weighted by atomic mass is 10.0. The number of hydrogen-bond acceptors (Lipinski definition) is 5. The van der Waals surface area contributed by atoms with E-state index in [0.29, 0.717) is 25.9 Å². The molecule has 0 bridgehead atoms. The number of carbonyl (C=O) groups excluding carboxylic acids is 2. The van der Waals surface area contributed by atoms with Gasteiger partial charge in [0, 0.05) is 12.8 Å². The van der Waals surface area contributed by atoms with Crippen molar-refractivity contribution in [2.45, 2.75) is 379 Å². The molecule has 0 rings (SSSR count). The Hall–Kier alpha value is -1.66. The van der Waals surface area contributed by atoms with E-state index < -0.39 is 12.1 Å². The van der Waals surface area contributed by atoms with Crippen LogP contribution in [-0.2, 0) is 14.3 Å². The Labute approximate surface area is 456 Å². The number of amides is 1. The van der Waals surface area contributed by atoms with E-state index in [1.807, 2.05) is 0 Å². The summed E-state index contributed by atoms with van der Waals surface area (Å²) in [5, 5.41) is 23.2. The molecule has 0 aromatic rings. The van der Waals surface area contributed by atoms with E-state index in [1.165, 1.54) is 295 Å². The number of esters is 1. The molecule has 3 N–H and O–H groups in total. The van der Waals surface area contributed by atoms with E-state index in [0.717, 1.165) is 38.5 Å². The molecule has 0 aliphatic rings. The first kappa shape index (κ1) is 71.3. The maximum Gasteiger partial charge on any atom is 0.305 e. The second kappa shape index (κ2) is 62.9. The molecule has 0 saturated heterocycles. The van der Waals surface area contributed by atoms with Gasteiger partial charge in [-0.2, -0.15) is 0 Å². The van der Waals surface area contributed by atoms with Crippen LogP contribution in [0.5, 0.6) is 0 Å². The van der Waals surface area contributed by atoms with Crippen molar-refractivity contribution >= 4 is 11.9 Å². The van der Waals surface area contributed by atoms with Gasteiger partial charge in [-0.15, -0.1) is 0 Å². The van der Waals surface area contributed by atoms with Crippen LogP contribution in [0.1, 0.15) is 367 Å². The quantitative estimate of drug-likeness (QED) is 0.0320. The summed E-state index contributed by atoms with van der Waals surface area (Å²) < 4.78 is 5.50. The number of hydrogen-bond donors (Lipinski definition) is 3. The van der Waals surface area contributed by atoms with E-state index >= 15 is 0 Å². The van der Waals surface area contributed by atoms with E-state index in [4.69, 9.17) is 4.74 Å². The molecule has 0 spiro atoms. The number of nitrogens with one attached hydrogen (secondary N) is 1. The van der Waals surface area contributed by atoms with Gasteiger partial charge in [-0.05, 0) is 77.0 Å². The van der Waals surface area contributed by atoms with Gasteiger partial charge in [0.15, 0.2) is 0 Å². The average Bonchev–Trinajstić information content (AvgIpc) is 3.39. The van der Waals surface area contributed by atoms with E-state index in [2.05, 4.69) is 43.5 Å². The summed E-state index contributed by atoms with van der Waals surface area (Å²) in [7, 11) is 0. The lowest BCUT2D eigenvalue weighted by molar-refractivity contribution is -0.143. The van der Waals surface area contributed by atoms with E-state index in [1.54, 1.807) is 0 Å². The first-order valence-electron chi connectivity index (χ1n) is 33.1. The van der Waals surface area contributed by atoms with Gasteiger partial charge in [0.2, 0.25) is 5.91 Å². The van der Waals surface area contributed by atoms with E-state index in [-0.39, 0.29) is 18.5 Å². The average molecular weight is 1030 g/mol. The zero-order chi connectivity index (χ0) is 52.9. The van der Waals surface area contributed by atoms with Gasteiger partial charge in [0.05, 0.1) is 25.4 Å². The Morgan fingerprint density at radius 3 is 0.973 bits per heavy atom. The van der Waals surface area contributed by atoms with Crippen LogP contribution in [0.15, 0.2) is 24.3 Å². The van der Waals surface area contributed by atoms with Crippen molar-refractivity contribution in [3.8, 4) is 0 Å². The first-order valence-corrected chi connectivity index (χ1v) is 33.1. The number of aliphatic hydroxyl groups is 2. The highest BCUT2D eigenvalue weighted by atomic mass is 16.5. The molecule has 2 atom stereocenters. The van der Waals surface area contributed by atoms with Gasteiger partial charge >= 0.3 is 5.97 Å². The number of allylic oxidation sites excluding steroid dienone is 4. The van der Waals surface area contributed by atoms with Crippen molar-refractivity contribution < 1.29 is 24.5 Å². The summed E-state index contributed by atoms with van der Waals surface area (Å²) in [6, 6.07) is -0.540. The number of unbranched alkanes of at least 4 members (excludes halogenated alkanes) is 47. The van der Waals surface area contributed by atoms with Crippen molar-refractivity contribution in [1.82, 2.24) is 5.32 Å². The predicted molar refractivity (Wildman–Crippen MR) is 320 cm³/mol. The highest BCUT2D eigenvalue weighted by Gasteiger charge is 2.20. The number of carbonyl (C=O) groups is 2. The second-order valence-electron chi connectivity index (χ2n) is 22.8. The minimum atomic E-state index is -0.662. The molecule has 0 radical (unpaired) electrons. The molecule has 6 nitrogen and oxygen atoms in total. The van der Waals surface area contributed by atoms with Crippen LogP contribution in [0.3, 0.4) is 0 Å². The highest BCUT2D eigenvalue weighted by molar-refractivity contribution is 5.76. The molecule has 1 amide bonds. The summed E-state index contributed by atoms with van der Waals surface area (Å²) in [6.07, 6.45) is 77.9. The third-order valence-corrected chi connectivity index (χ3v) is 15.5. The maximum atomic E-state index is 12.4. The van der Waals surface area contributed by atoms with Crippen LogP contribution in [0, 0.1) is 0 Å². The minimum absolute atomic E-state index is 0.0151. The first-order chi connectivity index (χ1) is 36.0. The standard InChI is InChI=1S/C67H129NO5/c1-3-5-7-9-11-13-15-16-17-18-28-32-35-38-41-45-49-53-57-61-67(72)73-62-58-54-50-46-42-39-36-33-30-27-25-23-21-19-20-22-24-26-29-31-34-37-40-44-48-52-56-60-66(71)68-64(63-69)65(70)59-55-51-47-43-14-12-10-8-6-4-2/h16-17,19-20,64-65,69-70H,3-15,18,21-63H2,1-2H3,(H,68,71)/b17-16-,20-19-. The normalized spacial score (nSPS) is 12.7. The minimum Gasteiger partial charge on any atom is -0.466 e. The van der Waals surface area contributed by atoms with Crippen LogP contribution < -0.4 is 5.32 Å². The Balaban J connectivity index is 3.34. The molecule has 0 aliphatic carbocycles. The fourth-order valence-corrected chi connectivity index (χ4v) is 10.4. The number of aliphatic hydroxyl groups excluding tert-OH is 2. The SMILES string of the molecule is CCCCCCCC/C=C\CCCCCCCCCCCC(=O)OCCCCCCCCCCCCCC/C=C\CCCCCCCCCCCCCC(=O)NC(CO)C(O)CCCCCCCCCCCC. The van der Waals surface area contributed by atoms with Crippen LogP contribution >= 0.6 is 0 Å². The van der Waals surface area contributed by atoms with Gasteiger partial charge in [-0.3, -0.25) is 9.59 Å². The van der Waals surface area contributed by atoms with Gasteiger partial charge in [0.25, 0.3) is 0 Å². The van der Waals surface area contributed by atoms with Crippen LogP contribution in [0.25, 0.3) is 0 Å². The summed E-state index contributed by atoms with van der Waals surface area (Å²) >= 11 is 0. The topological polar surface area (TPSA) is 95.9 Å². The maximum absolute atomic E-state index is 12.4. The molecule has 0 aromatic carbocycles. The Morgan fingerprint density at radius 1 is 0.370 bits per heavy atom. The van der Waals surface area contributed by atoms with Crippen molar-refractivity contribution in [1.29, 1.82) is 0 Å². The molecule has 0 fully saturated rings. The molecule has 0 heterocycles. The van der Waals surface area contributed by atoms with Crippen molar-refractivity contribution in [3.05, 3.63) is 24.3 Å². The smallest absolute Gasteiger partial charge is 0.305 e. The lowest BCUT2D eigenvalue weighted by Gasteiger charge is -2.22. The molecular weight excluding hydrogens is 899 g/mol. The van der Waals surface area contributed by atoms with Crippen LogP contribution in [0.2, 0.25) is 0 Å². The molecule has 0 aliphatic heterocycles. The summed E-state index contributed by atoms with van der Waals surface area (Å²) in [4.78, 5) is 24.5. The molecule has 432 valence electrons. The van der Waals surface area contributed by atoms with Gasteiger partial charge in [-0.1, -0.05) is 301 Å². The van der Waals surface area contributed by atoms with Crippen LogP contribution in [-0.4, -0.2) is 47.4 Å². The number of rotatable bonds is 62. The van der Waals surface area contributed by atoms with E-state index in [9.17, 15) is 19.8 Å². The monoisotopic (exact) mass is 1030 g/mol. The molecular formula is C67H129NO5. The van der Waals surface area contributed by atoms with Gasteiger partial charge in [0.1, 0.15) is 0 Å². The Bertz CT molecular complexity index is 1140.